The Morgan fingerprint density at radius 2 is 2.14 bits per heavy atom. The molecule has 1 heteroatoms. The van der Waals surface area contributed by atoms with Crippen LogP contribution in [0.5, 0.6) is 0 Å². The van der Waals surface area contributed by atoms with Crippen LogP contribution in [0.4, 0.5) is 0 Å². The third-order valence-corrected chi connectivity index (χ3v) is 2.91. The van der Waals surface area contributed by atoms with E-state index >= 15 is 0 Å². The Kier molecular flexibility index (Phi) is 2.69. The number of aryl methyl sites for hydroxylation is 1. The summed E-state index contributed by atoms with van der Waals surface area (Å²) in [6, 6.07) is 6.57. The summed E-state index contributed by atoms with van der Waals surface area (Å²) in [7, 11) is 2.01. The van der Waals surface area contributed by atoms with E-state index < -0.39 is 0 Å². The molecule has 0 atom stereocenters. The molecule has 0 heterocycles. The van der Waals surface area contributed by atoms with Gasteiger partial charge in [0.25, 0.3) is 0 Å². The molecule has 1 aromatic carbocycles. The third-order valence-electron chi connectivity index (χ3n) is 2.91. The molecular formula is C13H17N. The minimum Gasteiger partial charge on any atom is -0.316 e. The van der Waals surface area contributed by atoms with Gasteiger partial charge in [0.15, 0.2) is 0 Å². The van der Waals surface area contributed by atoms with Gasteiger partial charge in [-0.1, -0.05) is 29.8 Å². The van der Waals surface area contributed by atoms with Crippen molar-refractivity contribution in [1.82, 2.24) is 5.32 Å². The number of hydrogen-bond donors (Lipinski definition) is 1. The van der Waals surface area contributed by atoms with Crippen LogP contribution >= 0.6 is 0 Å². The van der Waals surface area contributed by atoms with Gasteiger partial charge in [0.05, 0.1) is 0 Å². The van der Waals surface area contributed by atoms with Gasteiger partial charge in [-0.25, -0.2) is 0 Å². The van der Waals surface area contributed by atoms with Crippen molar-refractivity contribution in [2.45, 2.75) is 19.8 Å². The lowest BCUT2D eigenvalue weighted by Gasteiger charge is -2.18. The molecule has 1 N–H and O–H groups in total. The summed E-state index contributed by atoms with van der Waals surface area (Å²) in [4.78, 5) is 0. The topological polar surface area (TPSA) is 12.0 Å². The van der Waals surface area contributed by atoms with E-state index in [4.69, 9.17) is 0 Å². The number of hydrogen-bond acceptors (Lipinski definition) is 1. The first-order valence-corrected chi connectivity index (χ1v) is 5.24. The highest BCUT2D eigenvalue weighted by atomic mass is 14.8. The summed E-state index contributed by atoms with van der Waals surface area (Å²) in [6.07, 6.45) is 4.75. The summed E-state index contributed by atoms with van der Waals surface area (Å²) in [5.74, 6) is 0. The molecule has 0 saturated carbocycles. The number of fused-ring (bicyclic) bond motifs is 1. The predicted molar refractivity (Wildman–Crippen MR) is 61.4 cm³/mol. The van der Waals surface area contributed by atoms with Gasteiger partial charge in [-0.3, -0.25) is 0 Å². The van der Waals surface area contributed by atoms with Gasteiger partial charge in [0.2, 0.25) is 0 Å². The smallest absolute Gasteiger partial charge is 0.0165 e. The molecule has 0 unspecified atom stereocenters. The lowest BCUT2D eigenvalue weighted by molar-refractivity contribution is 0.807. The van der Waals surface area contributed by atoms with Crippen LogP contribution in [-0.4, -0.2) is 13.6 Å². The normalized spacial score (nSPS) is 14.9. The fourth-order valence-electron chi connectivity index (χ4n) is 2.15. The lowest BCUT2D eigenvalue weighted by atomic mass is 9.89. The zero-order valence-electron chi connectivity index (χ0n) is 8.93. The largest absolute Gasteiger partial charge is 0.316 e. The lowest BCUT2D eigenvalue weighted by Crippen LogP contribution is -2.13. The average molecular weight is 187 g/mol. The van der Waals surface area contributed by atoms with Gasteiger partial charge in [-0.05, 0) is 43.5 Å². The maximum Gasteiger partial charge on any atom is 0.0165 e. The van der Waals surface area contributed by atoms with Crippen molar-refractivity contribution < 1.29 is 0 Å². The van der Waals surface area contributed by atoms with E-state index in [1.807, 2.05) is 7.05 Å². The molecule has 1 nitrogen and oxygen atoms in total. The van der Waals surface area contributed by atoms with E-state index in [1.54, 1.807) is 0 Å². The van der Waals surface area contributed by atoms with Crippen LogP contribution in [0.15, 0.2) is 23.8 Å². The second-order valence-electron chi connectivity index (χ2n) is 3.98. The summed E-state index contributed by atoms with van der Waals surface area (Å²) >= 11 is 0. The predicted octanol–water partition coefficient (Wildman–Crippen LogP) is 2.54. The maximum atomic E-state index is 3.21. The molecule has 0 aliphatic heterocycles. The Morgan fingerprint density at radius 1 is 1.29 bits per heavy atom. The second kappa shape index (κ2) is 3.97. The van der Waals surface area contributed by atoms with E-state index in [1.165, 1.54) is 35.1 Å². The molecule has 0 radical (unpaired) electrons. The summed E-state index contributed by atoms with van der Waals surface area (Å²) in [5.41, 5.74) is 5.90. The van der Waals surface area contributed by atoms with Crippen LogP contribution in [0.1, 0.15) is 23.1 Å². The summed E-state index contributed by atoms with van der Waals surface area (Å²) in [6.45, 7) is 3.23. The van der Waals surface area contributed by atoms with Gasteiger partial charge < -0.3 is 5.32 Å². The average Bonchev–Trinajstić information content (AvgIpc) is 2.18. The Morgan fingerprint density at radius 3 is 2.93 bits per heavy atom. The quantitative estimate of drug-likeness (QED) is 0.750. The highest BCUT2D eigenvalue weighted by Crippen LogP contribution is 2.25. The molecule has 1 aliphatic carbocycles. The monoisotopic (exact) mass is 187 g/mol. The second-order valence-corrected chi connectivity index (χ2v) is 3.98. The molecule has 0 fully saturated rings. The molecular weight excluding hydrogens is 170 g/mol. The number of nitrogens with one attached hydrogen (secondary N) is 1. The Hall–Kier alpha value is -1.08. The van der Waals surface area contributed by atoms with Crippen molar-refractivity contribution in [3.8, 4) is 0 Å². The molecule has 74 valence electrons. The number of rotatable bonds is 2. The van der Waals surface area contributed by atoms with Crippen molar-refractivity contribution in [3.63, 3.8) is 0 Å². The SMILES string of the molecule is CNCC1=Cc2cccc(C)c2CC1. The van der Waals surface area contributed by atoms with Gasteiger partial charge in [0.1, 0.15) is 0 Å². The molecule has 2 rings (SSSR count). The maximum absolute atomic E-state index is 3.21. The van der Waals surface area contributed by atoms with Crippen LogP contribution in [-0.2, 0) is 6.42 Å². The van der Waals surface area contributed by atoms with E-state index in [0.29, 0.717) is 0 Å². The molecule has 0 aromatic heterocycles. The minimum absolute atomic E-state index is 1.02. The molecule has 14 heavy (non-hydrogen) atoms. The van der Waals surface area contributed by atoms with E-state index in [2.05, 4.69) is 36.5 Å². The Bertz CT molecular complexity index is 363. The van der Waals surface area contributed by atoms with Crippen LogP contribution < -0.4 is 5.32 Å². The summed E-state index contributed by atoms with van der Waals surface area (Å²) < 4.78 is 0. The van der Waals surface area contributed by atoms with Crippen molar-refractivity contribution >= 4 is 6.08 Å². The first kappa shape index (κ1) is 9.47. The fraction of sp³-hybridized carbons (Fsp3) is 0.385. The van der Waals surface area contributed by atoms with Gasteiger partial charge >= 0.3 is 0 Å². The first-order valence-electron chi connectivity index (χ1n) is 5.24. The van der Waals surface area contributed by atoms with Crippen molar-refractivity contribution in [2.75, 3.05) is 13.6 Å². The van der Waals surface area contributed by atoms with Gasteiger partial charge in [-0.2, -0.15) is 0 Å². The Labute approximate surface area is 85.8 Å². The van der Waals surface area contributed by atoms with Crippen LogP contribution in [0, 0.1) is 6.92 Å². The molecule has 0 amide bonds. The number of likely N-dealkylation sites (N-methyl/N-ethyl adjacent to an activating group) is 1. The van der Waals surface area contributed by atoms with E-state index in [-0.39, 0.29) is 0 Å². The van der Waals surface area contributed by atoms with E-state index in [9.17, 15) is 0 Å². The fourth-order valence-corrected chi connectivity index (χ4v) is 2.15. The molecule has 1 aromatic rings. The molecule has 0 spiro atoms. The first-order chi connectivity index (χ1) is 6.81. The number of benzene rings is 1. The molecule has 0 bridgehead atoms. The van der Waals surface area contributed by atoms with Crippen LogP contribution in [0.2, 0.25) is 0 Å². The molecule has 0 saturated heterocycles. The highest BCUT2D eigenvalue weighted by molar-refractivity contribution is 5.61. The summed E-state index contributed by atoms with van der Waals surface area (Å²) in [5, 5.41) is 3.21. The third kappa shape index (κ3) is 1.73. The van der Waals surface area contributed by atoms with Gasteiger partial charge in [0, 0.05) is 6.54 Å². The minimum atomic E-state index is 1.02. The van der Waals surface area contributed by atoms with Crippen LogP contribution in [0.3, 0.4) is 0 Å². The zero-order valence-corrected chi connectivity index (χ0v) is 8.93. The highest BCUT2D eigenvalue weighted by Gasteiger charge is 2.10. The van der Waals surface area contributed by atoms with Crippen molar-refractivity contribution in [2.24, 2.45) is 0 Å². The molecule has 1 aliphatic rings. The van der Waals surface area contributed by atoms with Crippen LogP contribution in [0.25, 0.3) is 6.08 Å². The standard InChI is InChI=1S/C13H17N/c1-10-4-3-5-12-8-11(9-14-2)6-7-13(10)12/h3-5,8,14H,6-7,9H2,1-2H3. The van der Waals surface area contributed by atoms with Gasteiger partial charge in [-0.15, -0.1) is 0 Å². The zero-order chi connectivity index (χ0) is 9.97. The van der Waals surface area contributed by atoms with Crippen molar-refractivity contribution in [1.29, 1.82) is 0 Å². The van der Waals surface area contributed by atoms with Crippen molar-refractivity contribution in [3.05, 3.63) is 40.5 Å². The Balaban J connectivity index is 2.35. The van der Waals surface area contributed by atoms with E-state index in [0.717, 1.165) is 6.54 Å².